The summed E-state index contributed by atoms with van der Waals surface area (Å²) >= 11 is 0. The molecule has 2 rings (SSSR count). The van der Waals surface area contributed by atoms with Crippen molar-refractivity contribution in [1.29, 1.82) is 0 Å². The molecular formula is C16H15NO4S. The first kappa shape index (κ1) is 15.8. The lowest BCUT2D eigenvalue weighted by Crippen LogP contribution is -2.09. The van der Waals surface area contributed by atoms with Crippen LogP contribution in [-0.2, 0) is 10.0 Å². The zero-order valence-electron chi connectivity index (χ0n) is 11.9. The second-order valence-electron chi connectivity index (χ2n) is 4.74. The van der Waals surface area contributed by atoms with Crippen LogP contribution in [0.25, 0.3) is 6.08 Å². The smallest absolute Gasteiger partial charge is 0.335 e. The molecule has 0 heterocycles. The molecule has 0 radical (unpaired) electrons. The summed E-state index contributed by atoms with van der Waals surface area (Å²) in [6.45, 7) is 1.95. The Hall–Kier alpha value is -2.60. The zero-order chi connectivity index (χ0) is 16.2. The SMILES string of the molecule is Cc1ccc(/C=C/S(=O)(=O)Nc2ccc(C(=O)O)cc2)cc1. The van der Waals surface area contributed by atoms with Gasteiger partial charge in [0.05, 0.1) is 11.0 Å². The Morgan fingerprint density at radius 2 is 1.64 bits per heavy atom. The Labute approximate surface area is 129 Å². The molecule has 22 heavy (non-hydrogen) atoms. The normalized spacial score (nSPS) is 11.5. The summed E-state index contributed by atoms with van der Waals surface area (Å²) in [5, 5.41) is 9.86. The summed E-state index contributed by atoms with van der Waals surface area (Å²) in [7, 11) is -3.65. The number of carbonyl (C=O) groups is 1. The number of carboxylic acids is 1. The molecule has 0 aromatic heterocycles. The number of aromatic carboxylic acids is 1. The van der Waals surface area contributed by atoms with E-state index >= 15 is 0 Å². The topological polar surface area (TPSA) is 83.5 Å². The van der Waals surface area contributed by atoms with Crippen molar-refractivity contribution in [3.63, 3.8) is 0 Å². The maximum atomic E-state index is 11.9. The van der Waals surface area contributed by atoms with Gasteiger partial charge >= 0.3 is 5.97 Å². The van der Waals surface area contributed by atoms with Gasteiger partial charge in [-0.15, -0.1) is 0 Å². The van der Waals surface area contributed by atoms with Crippen LogP contribution in [0, 0.1) is 6.92 Å². The van der Waals surface area contributed by atoms with Crippen molar-refractivity contribution in [2.75, 3.05) is 4.72 Å². The summed E-state index contributed by atoms with van der Waals surface area (Å²) in [4.78, 5) is 10.7. The van der Waals surface area contributed by atoms with Crippen molar-refractivity contribution in [1.82, 2.24) is 0 Å². The van der Waals surface area contributed by atoms with Crippen LogP contribution < -0.4 is 4.72 Å². The first-order valence-corrected chi connectivity index (χ1v) is 8.01. The Balaban J connectivity index is 2.10. The van der Waals surface area contributed by atoms with E-state index < -0.39 is 16.0 Å². The number of carboxylic acid groups (broad SMARTS) is 1. The van der Waals surface area contributed by atoms with Gasteiger partial charge < -0.3 is 5.11 Å². The van der Waals surface area contributed by atoms with Gasteiger partial charge in [0, 0.05) is 5.69 Å². The highest BCUT2D eigenvalue weighted by Gasteiger charge is 2.07. The Morgan fingerprint density at radius 1 is 1.05 bits per heavy atom. The first-order chi connectivity index (χ1) is 10.4. The number of sulfonamides is 1. The van der Waals surface area contributed by atoms with E-state index in [0.717, 1.165) is 16.5 Å². The lowest BCUT2D eigenvalue weighted by Gasteiger charge is -2.04. The minimum atomic E-state index is -3.65. The van der Waals surface area contributed by atoms with E-state index in [4.69, 9.17) is 5.11 Å². The molecule has 2 aromatic carbocycles. The maximum Gasteiger partial charge on any atom is 0.335 e. The molecule has 0 fully saturated rings. The number of hydrogen-bond acceptors (Lipinski definition) is 3. The van der Waals surface area contributed by atoms with Crippen molar-refractivity contribution in [3.8, 4) is 0 Å². The monoisotopic (exact) mass is 317 g/mol. The van der Waals surface area contributed by atoms with Gasteiger partial charge in [-0.05, 0) is 42.8 Å². The lowest BCUT2D eigenvalue weighted by atomic mass is 10.2. The maximum absolute atomic E-state index is 11.9. The molecule has 0 aliphatic rings. The fourth-order valence-corrected chi connectivity index (χ4v) is 2.59. The average Bonchev–Trinajstić information content (AvgIpc) is 2.47. The summed E-state index contributed by atoms with van der Waals surface area (Å²) in [6.07, 6.45) is 1.49. The van der Waals surface area contributed by atoms with E-state index in [0.29, 0.717) is 5.69 Å². The van der Waals surface area contributed by atoms with Crippen LogP contribution in [0.1, 0.15) is 21.5 Å². The Bertz CT molecular complexity index is 791. The molecule has 0 amide bonds. The van der Waals surface area contributed by atoms with Gasteiger partial charge in [-0.3, -0.25) is 4.72 Å². The standard InChI is InChI=1S/C16H15NO4S/c1-12-2-4-13(5-3-12)10-11-22(20,21)17-15-8-6-14(7-9-15)16(18)19/h2-11,17H,1H3,(H,18,19)/b11-10+. The predicted molar refractivity (Wildman–Crippen MR) is 86.2 cm³/mol. The van der Waals surface area contributed by atoms with Crippen LogP contribution in [-0.4, -0.2) is 19.5 Å². The summed E-state index contributed by atoms with van der Waals surface area (Å²) in [5.74, 6) is -1.06. The summed E-state index contributed by atoms with van der Waals surface area (Å²) in [5.41, 5.74) is 2.27. The Kier molecular flexibility index (Phi) is 4.62. The van der Waals surface area contributed by atoms with E-state index in [9.17, 15) is 13.2 Å². The molecule has 114 valence electrons. The summed E-state index contributed by atoms with van der Waals surface area (Å²) < 4.78 is 26.2. The molecule has 5 nitrogen and oxygen atoms in total. The van der Waals surface area contributed by atoms with Gasteiger partial charge in [-0.1, -0.05) is 29.8 Å². The van der Waals surface area contributed by atoms with E-state index in [1.54, 1.807) is 0 Å². The minimum absolute atomic E-state index is 0.0955. The fourth-order valence-electron chi connectivity index (χ4n) is 1.72. The lowest BCUT2D eigenvalue weighted by molar-refractivity contribution is 0.0697. The minimum Gasteiger partial charge on any atom is -0.478 e. The van der Waals surface area contributed by atoms with Crippen LogP contribution in [0.3, 0.4) is 0 Å². The highest BCUT2D eigenvalue weighted by atomic mass is 32.2. The molecule has 2 aromatic rings. The van der Waals surface area contributed by atoms with Crippen molar-refractivity contribution < 1.29 is 18.3 Å². The molecular weight excluding hydrogens is 302 g/mol. The number of benzene rings is 2. The molecule has 0 aliphatic carbocycles. The van der Waals surface area contributed by atoms with Gasteiger partial charge in [0.25, 0.3) is 10.0 Å². The van der Waals surface area contributed by atoms with E-state index in [2.05, 4.69) is 4.72 Å². The molecule has 0 saturated heterocycles. The van der Waals surface area contributed by atoms with Gasteiger partial charge in [0.2, 0.25) is 0 Å². The Morgan fingerprint density at radius 3 is 2.18 bits per heavy atom. The van der Waals surface area contributed by atoms with Crippen LogP contribution in [0.15, 0.2) is 53.9 Å². The van der Waals surface area contributed by atoms with E-state index in [-0.39, 0.29) is 5.56 Å². The third kappa shape index (κ3) is 4.46. The van der Waals surface area contributed by atoms with E-state index in [1.165, 1.54) is 30.3 Å². The summed E-state index contributed by atoms with van der Waals surface area (Å²) in [6, 6.07) is 12.9. The highest BCUT2D eigenvalue weighted by Crippen LogP contribution is 2.13. The average molecular weight is 317 g/mol. The van der Waals surface area contributed by atoms with Gasteiger partial charge in [-0.25, -0.2) is 13.2 Å². The molecule has 0 bridgehead atoms. The first-order valence-electron chi connectivity index (χ1n) is 6.47. The number of hydrogen-bond donors (Lipinski definition) is 2. The second-order valence-corrected chi connectivity index (χ2v) is 6.31. The van der Waals surface area contributed by atoms with Crippen molar-refractivity contribution in [2.24, 2.45) is 0 Å². The number of aryl methyl sites for hydroxylation is 1. The zero-order valence-corrected chi connectivity index (χ0v) is 12.7. The van der Waals surface area contributed by atoms with Crippen molar-refractivity contribution >= 4 is 27.8 Å². The highest BCUT2D eigenvalue weighted by molar-refractivity contribution is 7.95. The third-order valence-electron chi connectivity index (χ3n) is 2.91. The van der Waals surface area contributed by atoms with Crippen LogP contribution in [0.5, 0.6) is 0 Å². The van der Waals surface area contributed by atoms with Crippen LogP contribution in [0.2, 0.25) is 0 Å². The fraction of sp³-hybridized carbons (Fsp3) is 0.0625. The largest absolute Gasteiger partial charge is 0.478 e. The van der Waals surface area contributed by atoms with Crippen LogP contribution >= 0.6 is 0 Å². The number of nitrogens with one attached hydrogen (secondary N) is 1. The molecule has 0 aliphatic heterocycles. The molecule has 0 unspecified atom stereocenters. The van der Waals surface area contributed by atoms with Gasteiger partial charge in [0.15, 0.2) is 0 Å². The molecule has 2 N–H and O–H groups in total. The number of anilines is 1. The molecule has 6 heteroatoms. The van der Waals surface area contributed by atoms with Crippen molar-refractivity contribution in [2.45, 2.75) is 6.92 Å². The predicted octanol–water partition coefficient (Wildman–Crippen LogP) is 3.11. The second kappa shape index (κ2) is 6.44. The van der Waals surface area contributed by atoms with Crippen LogP contribution in [0.4, 0.5) is 5.69 Å². The molecule has 0 spiro atoms. The molecule has 0 saturated carbocycles. The van der Waals surface area contributed by atoms with Gasteiger partial charge in [0.1, 0.15) is 0 Å². The quantitative estimate of drug-likeness (QED) is 0.887. The van der Waals surface area contributed by atoms with E-state index in [1.807, 2.05) is 31.2 Å². The molecule has 0 atom stereocenters. The van der Waals surface area contributed by atoms with Crippen molar-refractivity contribution in [3.05, 3.63) is 70.6 Å². The van der Waals surface area contributed by atoms with Gasteiger partial charge in [-0.2, -0.15) is 0 Å². The number of rotatable bonds is 5. The third-order valence-corrected chi connectivity index (χ3v) is 3.92.